The van der Waals surface area contributed by atoms with E-state index < -0.39 is 17.7 Å². The minimum atomic E-state index is -1.46. The summed E-state index contributed by atoms with van der Waals surface area (Å²) in [4.78, 5) is 12.5. The number of aliphatic hydroxyl groups is 1. The van der Waals surface area contributed by atoms with E-state index in [0.717, 1.165) is 0 Å². The number of nitrogens with two attached hydrogens (primary N) is 2. The Hall–Kier alpha value is -1.92. The van der Waals surface area contributed by atoms with Gasteiger partial charge in [-0.2, -0.15) is 0 Å². The molecule has 5 nitrogen and oxygen atoms in total. The lowest BCUT2D eigenvalue weighted by molar-refractivity contribution is -0.00119. The number of hydrogen-bond acceptors (Lipinski definition) is 5. The molecule has 0 aliphatic carbocycles. The van der Waals surface area contributed by atoms with Gasteiger partial charge in [0.1, 0.15) is 11.4 Å². The fraction of sp³-hybridized carbons (Fsp3) is 0.278. The van der Waals surface area contributed by atoms with Gasteiger partial charge in [0, 0.05) is 5.56 Å². The molecule has 2 rings (SSSR count). The Morgan fingerprint density at radius 2 is 1.62 bits per heavy atom. The van der Waals surface area contributed by atoms with E-state index in [1.807, 2.05) is 0 Å². The molecule has 6 N–H and O–H groups in total. The van der Waals surface area contributed by atoms with Gasteiger partial charge < -0.3 is 21.7 Å². The lowest BCUT2D eigenvalue weighted by atomic mass is 9.79. The number of aromatic hydroxyl groups is 1. The largest absolute Gasteiger partial charge is 0.508 e. The maximum Gasteiger partial charge on any atom is 0.181 e. The van der Waals surface area contributed by atoms with Crippen LogP contribution in [0.1, 0.15) is 29.3 Å². The molecule has 0 aromatic heterocycles. The zero-order valence-electron chi connectivity index (χ0n) is 13.4. The standard InChI is InChI=1S/C18H22N2O3.ClH/c1-2-18(23,13-8-10-14(21)11-9-13)17(20)15(19)16(22)12-6-4-3-5-7-12;/h3-11,15,17,21,23H,2,19-20H2,1H3;1H. The van der Waals surface area contributed by atoms with Crippen molar-refractivity contribution in [1.29, 1.82) is 0 Å². The second-order valence-electron chi connectivity index (χ2n) is 5.61. The smallest absolute Gasteiger partial charge is 0.181 e. The van der Waals surface area contributed by atoms with E-state index in [1.54, 1.807) is 49.4 Å². The lowest BCUT2D eigenvalue weighted by Crippen LogP contribution is -2.58. The molecule has 0 amide bonds. The molecule has 3 unspecified atom stereocenters. The van der Waals surface area contributed by atoms with Gasteiger partial charge >= 0.3 is 0 Å². The fourth-order valence-corrected chi connectivity index (χ4v) is 2.64. The van der Waals surface area contributed by atoms with E-state index in [4.69, 9.17) is 11.5 Å². The quantitative estimate of drug-likeness (QED) is 0.595. The average molecular weight is 351 g/mol. The number of rotatable bonds is 6. The summed E-state index contributed by atoms with van der Waals surface area (Å²) in [5.74, 6) is -0.228. The van der Waals surface area contributed by atoms with Crippen LogP contribution in [0.15, 0.2) is 54.6 Å². The molecular weight excluding hydrogens is 328 g/mol. The molecule has 2 aromatic carbocycles. The van der Waals surface area contributed by atoms with Crippen molar-refractivity contribution in [3.8, 4) is 5.75 Å². The monoisotopic (exact) mass is 350 g/mol. The number of carbonyl (C=O) groups excluding carboxylic acids is 1. The van der Waals surface area contributed by atoms with Gasteiger partial charge in [0.15, 0.2) is 5.78 Å². The predicted molar refractivity (Wildman–Crippen MR) is 96.3 cm³/mol. The first kappa shape index (κ1) is 20.1. The Labute approximate surface area is 147 Å². The summed E-state index contributed by atoms with van der Waals surface area (Å²) in [7, 11) is 0. The van der Waals surface area contributed by atoms with Crippen molar-refractivity contribution >= 4 is 18.2 Å². The van der Waals surface area contributed by atoms with Gasteiger partial charge in [-0.3, -0.25) is 4.79 Å². The van der Waals surface area contributed by atoms with Crippen molar-refractivity contribution in [2.24, 2.45) is 11.5 Å². The first-order chi connectivity index (χ1) is 10.9. The number of benzene rings is 2. The van der Waals surface area contributed by atoms with Crippen molar-refractivity contribution in [2.45, 2.75) is 31.0 Å². The molecule has 0 radical (unpaired) electrons. The van der Waals surface area contributed by atoms with E-state index >= 15 is 0 Å². The molecule has 6 heteroatoms. The van der Waals surface area contributed by atoms with Crippen molar-refractivity contribution in [3.05, 3.63) is 65.7 Å². The Balaban J connectivity index is 0.00000288. The van der Waals surface area contributed by atoms with Gasteiger partial charge in [0.05, 0.1) is 12.1 Å². The summed E-state index contributed by atoms with van der Waals surface area (Å²) >= 11 is 0. The zero-order valence-corrected chi connectivity index (χ0v) is 14.2. The topological polar surface area (TPSA) is 110 Å². The molecule has 0 fully saturated rings. The van der Waals surface area contributed by atoms with Gasteiger partial charge in [-0.25, -0.2) is 0 Å². The van der Waals surface area contributed by atoms with Gasteiger partial charge in [-0.1, -0.05) is 49.4 Å². The highest BCUT2D eigenvalue weighted by atomic mass is 35.5. The number of halogens is 1. The third kappa shape index (κ3) is 3.94. The molecule has 2 aromatic rings. The molecule has 0 heterocycles. The fourth-order valence-electron chi connectivity index (χ4n) is 2.64. The zero-order chi connectivity index (χ0) is 17.0. The first-order valence-corrected chi connectivity index (χ1v) is 7.52. The van der Waals surface area contributed by atoms with Crippen LogP contribution >= 0.6 is 12.4 Å². The van der Waals surface area contributed by atoms with E-state index in [2.05, 4.69) is 0 Å². The molecule has 0 spiro atoms. The van der Waals surface area contributed by atoms with Crippen LogP contribution in [0.2, 0.25) is 0 Å². The summed E-state index contributed by atoms with van der Waals surface area (Å²) in [6, 6.07) is 12.7. The summed E-state index contributed by atoms with van der Waals surface area (Å²) in [6.07, 6.45) is 0.286. The van der Waals surface area contributed by atoms with Crippen LogP contribution in [-0.4, -0.2) is 28.1 Å². The van der Waals surface area contributed by atoms with Gasteiger partial charge in [-0.05, 0) is 24.1 Å². The normalized spacial score (nSPS) is 15.7. The second kappa shape index (κ2) is 8.26. The summed E-state index contributed by atoms with van der Waals surface area (Å²) in [5, 5.41) is 20.4. The molecule has 24 heavy (non-hydrogen) atoms. The molecule has 3 atom stereocenters. The molecule has 0 aliphatic rings. The second-order valence-corrected chi connectivity index (χ2v) is 5.61. The Bertz CT molecular complexity index is 664. The van der Waals surface area contributed by atoms with Gasteiger partial charge in [0.2, 0.25) is 0 Å². The average Bonchev–Trinajstić information content (AvgIpc) is 2.60. The number of ketones is 1. The minimum absolute atomic E-state index is 0. The van der Waals surface area contributed by atoms with Crippen LogP contribution in [-0.2, 0) is 5.60 Å². The Morgan fingerprint density at radius 1 is 1.08 bits per heavy atom. The van der Waals surface area contributed by atoms with E-state index in [0.29, 0.717) is 11.1 Å². The highest BCUT2D eigenvalue weighted by Crippen LogP contribution is 2.30. The number of hydrogen-bond donors (Lipinski definition) is 4. The third-order valence-corrected chi connectivity index (χ3v) is 4.21. The third-order valence-electron chi connectivity index (χ3n) is 4.21. The molecular formula is C18H23ClN2O3. The van der Waals surface area contributed by atoms with Crippen molar-refractivity contribution in [2.75, 3.05) is 0 Å². The van der Waals surface area contributed by atoms with Gasteiger partial charge in [-0.15, -0.1) is 12.4 Å². The highest BCUT2D eigenvalue weighted by molar-refractivity contribution is 6.00. The molecule has 0 aliphatic heterocycles. The summed E-state index contributed by atoms with van der Waals surface area (Å²) < 4.78 is 0. The van der Waals surface area contributed by atoms with Crippen LogP contribution in [0.5, 0.6) is 5.75 Å². The molecule has 130 valence electrons. The minimum Gasteiger partial charge on any atom is -0.508 e. The Morgan fingerprint density at radius 3 is 2.12 bits per heavy atom. The molecule has 0 bridgehead atoms. The van der Waals surface area contributed by atoms with E-state index in [-0.39, 0.29) is 30.4 Å². The number of phenolic OH excluding ortho intramolecular Hbond substituents is 1. The van der Waals surface area contributed by atoms with Crippen LogP contribution < -0.4 is 11.5 Å². The van der Waals surface area contributed by atoms with Crippen molar-refractivity contribution in [1.82, 2.24) is 0 Å². The van der Waals surface area contributed by atoms with Crippen LogP contribution in [0.3, 0.4) is 0 Å². The van der Waals surface area contributed by atoms with Crippen molar-refractivity contribution < 1.29 is 15.0 Å². The van der Waals surface area contributed by atoms with Crippen molar-refractivity contribution in [3.63, 3.8) is 0 Å². The Kier molecular flexibility index (Phi) is 6.93. The predicted octanol–water partition coefficient (Wildman–Crippen LogP) is 1.95. The number of Topliss-reactive ketones (excluding diaryl/α,β-unsaturated/α-hetero) is 1. The van der Waals surface area contributed by atoms with Crippen LogP contribution in [0, 0.1) is 0 Å². The number of carbonyl (C=O) groups is 1. The van der Waals surface area contributed by atoms with Crippen LogP contribution in [0.4, 0.5) is 0 Å². The SMILES string of the molecule is CCC(O)(c1ccc(O)cc1)C(N)C(N)C(=O)c1ccccc1.Cl. The van der Waals surface area contributed by atoms with E-state index in [1.165, 1.54) is 12.1 Å². The lowest BCUT2D eigenvalue weighted by Gasteiger charge is -2.36. The maximum atomic E-state index is 12.5. The summed E-state index contributed by atoms with van der Waals surface area (Å²) in [6.45, 7) is 1.77. The summed E-state index contributed by atoms with van der Waals surface area (Å²) in [5.41, 5.74) is 11.7. The van der Waals surface area contributed by atoms with E-state index in [9.17, 15) is 15.0 Å². The molecule has 0 saturated heterocycles. The first-order valence-electron chi connectivity index (χ1n) is 7.52. The molecule has 0 saturated carbocycles. The number of phenols is 1. The highest BCUT2D eigenvalue weighted by Gasteiger charge is 2.40. The maximum absolute atomic E-state index is 12.5. The van der Waals surface area contributed by atoms with Crippen LogP contribution in [0.25, 0.3) is 0 Å². The van der Waals surface area contributed by atoms with Gasteiger partial charge in [0.25, 0.3) is 0 Å².